The fourth-order valence-electron chi connectivity index (χ4n) is 3.83. The summed E-state index contributed by atoms with van der Waals surface area (Å²) in [5.41, 5.74) is 2.69. The van der Waals surface area contributed by atoms with Crippen molar-refractivity contribution in [3.8, 4) is 5.75 Å². The molecule has 1 N–H and O–H groups in total. The Balaban J connectivity index is 1.42. The van der Waals surface area contributed by atoms with Crippen LogP contribution in [0.4, 0.5) is 11.4 Å². The number of carbonyl (C=O) groups excluding carboxylic acids is 3. The summed E-state index contributed by atoms with van der Waals surface area (Å²) in [5.74, 6) is -0.264. The monoisotopic (exact) mass is 393 g/mol. The van der Waals surface area contributed by atoms with Gasteiger partial charge in [-0.1, -0.05) is 30.3 Å². The van der Waals surface area contributed by atoms with Gasteiger partial charge in [0, 0.05) is 19.2 Å². The van der Waals surface area contributed by atoms with Crippen molar-refractivity contribution in [3.05, 3.63) is 54.1 Å². The maximum atomic E-state index is 12.7. The Kier molecular flexibility index (Phi) is 5.20. The molecule has 0 spiro atoms. The zero-order chi connectivity index (χ0) is 20.4. The number of hydrogen-bond acceptors (Lipinski definition) is 4. The van der Waals surface area contributed by atoms with E-state index in [2.05, 4.69) is 5.32 Å². The molecule has 2 aliphatic heterocycles. The van der Waals surface area contributed by atoms with E-state index in [1.54, 1.807) is 23.1 Å². The third-order valence-corrected chi connectivity index (χ3v) is 5.27. The summed E-state index contributed by atoms with van der Waals surface area (Å²) in [4.78, 5) is 40.6. The van der Waals surface area contributed by atoms with Gasteiger partial charge >= 0.3 is 0 Å². The molecule has 0 bridgehead atoms. The van der Waals surface area contributed by atoms with Crippen molar-refractivity contribution < 1.29 is 19.1 Å². The minimum Gasteiger partial charge on any atom is -0.477 e. The second-order valence-corrected chi connectivity index (χ2v) is 7.20. The lowest BCUT2D eigenvalue weighted by Crippen LogP contribution is -2.52. The molecule has 0 aromatic heterocycles. The van der Waals surface area contributed by atoms with Gasteiger partial charge in [-0.15, -0.1) is 0 Å². The van der Waals surface area contributed by atoms with Crippen LogP contribution < -0.4 is 19.9 Å². The largest absolute Gasteiger partial charge is 0.477 e. The number of fused-ring (bicyclic) bond motifs is 2. The Morgan fingerprint density at radius 1 is 1.03 bits per heavy atom. The number of para-hydroxylation sites is 3. The van der Waals surface area contributed by atoms with Gasteiger partial charge in [0.25, 0.3) is 5.91 Å². The highest BCUT2D eigenvalue weighted by atomic mass is 16.5. The average Bonchev–Trinajstić information content (AvgIpc) is 2.75. The maximum Gasteiger partial charge on any atom is 0.263 e. The van der Waals surface area contributed by atoms with E-state index in [4.69, 9.17) is 4.74 Å². The summed E-state index contributed by atoms with van der Waals surface area (Å²) in [5, 5.41) is 2.68. The van der Waals surface area contributed by atoms with E-state index in [0.29, 0.717) is 18.0 Å². The fraction of sp³-hybridized carbons (Fsp3) is 0.318. The van der Waals surface area contributed by atoms with Crippen molar-refractivity contribution >= 4 is 29.1 Å². The number of benzene rings is 2. The minimum absolute atomic E-state index is 0.110. The minimum atomic E-state index is -0.866. The quantitative estimate of drug-likeness (QED) is 0.864. The lowest BCUT2D eigenvalue weighted by molar-refractivity contribution is -0.130. The third-order valence-electron chi connectivity index (χ3n) is 5.27. The first kappa shape index (κ1) is 19.0. The average molecular weight is 393 g/mol. The van der Waals surface area contributed by atoms with Crippen LogP contribution in [0.25, 0.3) is 0 Å². The highest BCUT2D eigenvalue weighted by Crippen LogP contribution is 2.33. The van der Waals surface area contributed by atoms with Crippen LogP contribution in [0, 0.1) is 0 Å². The van der Waals surface area contributed by atoms with Crippen LogP contribution in [0.15, 0.2) is 48.5 Å². The van der Waals surface area contributed by atoms with Crippen LogP contribution in [0.2, 0.25) is 0 Å². The third kappa shape index (κ3) is 3.81. The molecule has 0 saturated heterocycles. The number of ether oxygens (including phenoxy) is 1. The Morgan fingerprint density at radius 2 is 1.76 bits per heavy atom. The van der Waals surface area contributed by atoms with Crippen molar-refractivity contribution in [1.29, 1.82) is 0 Å². The molecule has 2 aromatic rings. The topological polar surface area (TPSA) is 79.0 Å². The van der Waals surface area contributed by atoms with E-state index in [9.17, 15) is 14.4 Å². The first-order valence-corrected chi connectivity index (χ1v) is 9.74. The van der Waals surface area contributed by atoms with E-state index in [1.165, 1.54) is 11.8 Å². The summed E-state index contributed by atoms with van der Waals surface area (Å²) in [6, 6.07) is 14.9. The molecule has 150 valence electrons. The second-order valence-electron chi connectivity index (χ2n) is 7.20. The molecule has 4 rings (SSSR count). The molecule has 0 saturated carbocycles. The van der Waals surface area contributed by atoms with Crippen molar-refractivity contribution in [2.75, 3.05) is 29.4 Å². The number of carbonyl (C=O) groups is 3. The molecule has 29 heavy (non-hydrogen) atoms. The smallest absolute Gasteiger partial charge is 0.263 e. The fourth-order valence-corrected chi connectivity index (χ4v) is 3.83. The van der Waals surface area contributed by atoms with E-state index in [-0.39, 0.29) is 24.9 Å². The summed E-state index contributed by atoms with van der Waals surface area (Å²) >= 11 is 0. The molecular weight excluding hydrogens is 370 g/mol. The summed E-state index contributed by atoms with van der Waals surface area (Å²) in [6.07, 6.45) is 0.977. The molecule has 2 aromatic carbocycles. The Morgan fingerprint density at radius 3 is 2.55 bits per heavy atom. The van der Waals surface area contributed by atoms with Gasteiger partial charge in [0.1, 0.15) is 5.75 Å². The van der Waals surface area contributed by atoms with Crippen molar-refractivity contribution in [3.63, 3.8) is 0 Å². The Bertz CT molecular complexity index is 959. The second kappa shape index (κ2) is 7.95. The van der Waals surface area contributed by atoms with Gasteiger partial charge < -0.3 is 19.9 Å². The van der Waals surface area contributed by atoms with Gasteiger partial charge in [0.05, 0.1) is 18.8 Å². The van der Waals surface area contributed by atoms with Crippen LogP contribution in [-0.2, 0) is 20.8 Å². The molecule has 1 unspecified atom stereocenters. The summed E-state index contributed by atoms with van der Waals surface area (Å²) in [6.45, 7) is 2.08. The van der Waals surface area contributed by atoms with Gasteiger partial charge in [-0.2, -0.15) is 0 Å². The number of hydrogen-bond donors (Lipinski definition) is 1. The SMILES string of the molecule is CC(=O)N1CC(C(=O)NCC(=O)N2CCCc3ccccc32)Oc2ccccc21. The van der Waals surface area contributed by atoms with E-state index in [1.807, 2.05) is 30.3 Å². The molecule has 0 fully saturated rings. The number of nitrogens with one attached hydrogen (secondary N) is 1. The molecule has 3 amide bonds. The van der Waals surface area contributed by atoms with Crippen molar-refractivity contribution in [2.24, 2.45) is 0 Å². The molecule has 1 atom stereocenters. The van der Waals surface area contributed by atoms with Crippen molar-refractivity contribution in [1.82, 2.24) is 5.32 Å². The number of aryl methyl sites for hydroxylation is 1. The standard InChI is InChI=1S/C22H23N3O4/c1-15(26)25-14-20(29-19-11-5-4-10-18(19)25)22(28)23-13-21(27)24-12-6-8-16-7-2-3-9-17(16)24/h2-5,7,9-11,20H,6,8,12-14H2,1H3,(H,23,28). The highest BCUT2D eigenvalue weighted by Gasteiger charge is 2.33. The lowest BCUT2D eigenvalue weighted by atomic mass is 10.0. The lowest BCUT2D eigenvalue weighted by Gasteiger charge is -2.34. The number of rotatable bonds is 3. The molecule has 0 radical (unpaired) electrons. The zero-order valence-electron chi connectivity index (χ0n) is 16.3. The van der Waals surface area contributed by atoms with E-state index < -0.39 is 12.0 Å². The highest BCUT2D eigenvalue weighted by molar-refractivity contribution is 5.99. The normalized spacial score (nSPS) is 17.6. The number of amides is 3. The summed E-state index contributed by atoms with van der Waals surface area (Å²) < 4.78 is 5.78. The first-order chi connectivity index (χ1) is 14.0. The first-order valence-electron chi connectivity index (χ1n) is 9.74. The van der Waals surface area contributed by atoms with Crippen LogP contribution in [0.5, 0.6) is 5.75 Å². The Labute approximate surface area is 169 Å². The van der Waals surface area contributed by atoms with Gasteiger partial charge in [0.15, 0.2) is 6.10 Å². The predicted molar refractivity (Wildman–Crippen MR) is 109 cm³/mol. The summed E-state index contributed by atoms with van der Waals surface area (Å²) in [7, 11) is 0. The molecule has 2 heterocycles. The molecule has 2 aliphatic rings. The van der Waals surface area contributed by atoms with Crippen LogP contribution in [0.3, 0.4) is 0 Å². The van der Waals surface area contributed by atoms with E-state index in [0.717, 1.165) is 24.1 Å². The van der Waals surface area contributed by atoms with Gasteiger partial charge in [-0.25, -0.2) is 0 Å². The van der Waals surface area contributed by atoms with Crippen molar-refractivity contribution in [2.45, 2.75) is 25.9 Å². The van der Waals surface area contributed by atoms with Crippen LogP contribution in [-0.4, -0.2) is 43.5 Å². The molecular formula is C22H23N3O4. The number of nitrogens with zero attached hydrogens (tertiary/aromatic N) is 2. The maximum absolute atomic E-state index is 12.7. The van der Waals surface area contributed by atoms with Gasteiger partial charge in [-0.05, 0) is 36.6 Å². The molecule has 7 nitrogen and oxygen atoms in total. The number of anilines is 2. The van der Waals surface area contributed by atoms with Gasteiger partial charge in [-0.3, -0.25) is 14.4 Å². The van der Waals surface area contributed by atoms with Crippen LogP contribution >= 0.6 is 0 Å². The molecule has 7 heteroatoms. The Hall–Kier alpha value is -3.35. The predicted octanol–water partition coefficient (Wildman–Crippen LogP) is 1.90. The van der Waals surface area contributed by atoms with Crippen LogP contribution in [0.1, 0.15) is 18.9 Å². The molecule has 0 aliphatic carbocycles. The van der Waals surface area contributed by atoms with Gasteiger partial charge in [0.2, 0.25) is 11.8 Å². The zero-order valence-corrected chi connectivity index (χ0v) is 16.3. The van der Waals surface area contributed by atoms with E-state index >= 15 is 0 Å².